The van der Waals surface area contributed by atoms with Gasteiger partial charge in [0.25, 0.3) is 0 Å². The van der Waals surface area contributed by atoms with Crippen molar-refractivity contribution in [2.24, 2.45) is 34.5 Å². The van der Waals surface area contributed by atoms with Crippen molar-refractivity contribution in [1.29, 1.82) is 0 Å². The van der Waals surface area contributed by atoms with Gasteiger partial charge < -0.3 is 0 Å². The third-order valence-corrected chi connectivity index (χ3v) is 6.48. The molecule has 2 fully saturated rings. The molecule has 0 spiro atoms. The van der Waals surface area contributed by atoms with E-state index in [2.05, 4.69) is 47.3 Å². The Kier molecular flexibility index (Phi) is 3.21. The summed E-state index contributed by atoms with van der Waals surface area (Å²) in [5.74, 6) is 3.62. The number of hydrogen-bond acceptors (Lipinski definition) is 0. The largest absolute Gasteiger partial charge is 0.103 e. The van der Waals surface area contributed by atoms with Gasteiger partial charge in [-0.3, -0.25) is 0 Å². The summed E-state index contributed by atoms with van der Waals surface area (Å²) in [5.41, 5.74) is 1.13. The van der Waals surface area contributed by atoms with Gasteiger partial charge in [0.05, 0.1) is 0 Å². The third-order valence-electron chi connectivity index (χ3n) is 6.48. The van der Waals surface area contributed by atoms with E-state index in [1.807, 2.05) is 0 Å². The molecule has 0 nitrogen and oxygen atoms in total. The van der Waals surface area contributed by atoms with E-state index < -0.39 is 0 Å². The first kappa shape index (κ1) is 13.2. The van der Waals surface area contributed by atoms with Crippen LogP contribution in [-0.2, 0) is 0 Å². The number of hydrogen-bond donors (Lipinski definition) is 0. The van der Waals surface area contributed by atoms with Crippen molar-refractivity contribution in [3.05, 3.63) is 12.7 Å². The predicted molar refractivity (Wildman–Crippen MR) is 75.9 cm³/mol. The molecule has 0 aromatic rings. The van der Waals surface area contributed by atoms with Crippen LogP contribution in [-0.4, -0.2) is 0 Å². The highest BCUT2D eigenvalue weighted by molar-refractivity contribution is 5.20. The molecule has 0 heteroatoms. The molecule has 2 rings (SSSR count). The molecule has 0 aliphatic heterocycles. The molecule has 0 radical (unpaired) electrons. The molecule has 0 amide bonds. The molecule has 2 saturated carbocycles. The van der Waals surface area contributed by atoms with Crippen molar-refractivity contribution < 1.29 is 0 Å². The average molecular weight is 234 g/mol. The smallest absolute Gasteiger partial charge is 0.00641 e. The maximum Gasteiger partial charge on any atom is -0.00641 e. The van der Waals surface area contributed by atoms with E-state index in [0.29, 0.717) is 10.8 Å². The van der Waals surface area contributed by atoms with Crippen molar-refractivity contribution in [3.8, 4) is 0 Å². The fourth-order valence-electron chi connectivity index (χ4n) is 5.13. The lowest BCUT2D eigenvalue weighted by molar-refractivity contribution is -0.0593. The molecule has 2 aliphatic carbocycles. The van der Waals surface area contributed by atoms with E-state index in [-0.39, 0.29) is 0 Å². The predicted octanol–water partition coefficient (Wildman–Crippen LogP) is 5.30. The van der Waals surface area contributed by atoms with Crippen molar-refractivity contribution in [2.45, 2.75) is 60.3 Å². The summed E-state index contributed by atoms with van der Waals surface area (Å²) in [6, 6.07) is 0. The van der Waals surface area contributed by atoms with Crippen molar-refractivity contribution >= 4 is 0 Å². The lowest BCUT2D eigenvalue weighted by Gasteiger charge is -2.57. The second-order valence-electron chi connectivity index (χ2n) is 7.00. The number of allylic oxidation sites excluding steroid dienone is 1. The Hall–Kier alpha value is -0.260. The monoisotopic (exact) mass is 234 g/mol. The molecule has 5 unspecified atom stereocenters. The molecule has 0 aromatic heterocycles. The SMILES string of the molecule is C=CC1(CC)C(C)CC1C1(CC)CC1C(C)C. The molecule has 0 aromatic carbocycles. The maximum absolute atomic E-state index is 4.17. The summed E-state index contributed by atoms with van der Waals surface area (Å²) in [6.45, 7) is 16.2. The summed E-state index contributed by atoms with van der Waals surface area (Å²) < 4.78 is 0. The molecule has 5 atom stereocenters. The lowest BCUT2D eigenvalue weighted by atomic mass is 9.47. The van der Waals surface area contributed by atoms with Crippen molar-refractivity contribution in [1.82, 2.24) is 0 Å². The van der Waals surface area contributed by atoms with Gasteiger partial charge in [-0.15, -0.1) is 6.58 Å². The Bertz CT molecular complexity index is 303. The fourth-order valence-corrected chi connectivity index (χ4v) is 5.13. The van der Waals surface area contributed by atoms with Crippen LogP contribution in [0.1, 0.15) is 60.3 Å². The van der Waals surface area contributed by atoms with Crippen molar-refractivity contribution in [3.63, 3.8) is 0 Å². The quantitative estimate of drug-likeness (QED) is 0.566. The zero-order chi connectivity index (χ0) is 12.8. The molecular formula is C17H30. The van der Waals surface area contributed by atoms with Crippen LogP contribution >= 0.6 is 0 Å². The average Bonchev–Trinajstić information content (AvgIpc) is 3.03. The normalized spacial score (nSPS) is 48.9. The van der Waals surface area contributed by atoms with Gasteiger partial charge in [-0.05, 0) is 60.2 Å². The van der Waals surface area contributed by atoms with E-state index in [1.54, 1.807) is 0 Å². The zero-order valence-corrected chi connectivity index (χ0v) is 12.4. The van der Waals surface area contributed by atoms with Gasteiger partial charge in [0.2, 0.25) is 0 Å². The second kappa shape index (κ2) is 4.14. The first-order chi connectivity index (χ1) is 7.98. The Morgan fingerprint density at radius 1 is 1.29 bits per heavy atom. The van der Waals surface area contributed by atoms with E-state index in [9.17, 15) is 0 Å². The van der Waals surface area contributed by atoms with Gasteiger partial charge in [0.15, 0.2) is 0 Å². The second-order valence-corrected chi connectivity index (χ2v) is 7.00. The molecule has 0 N–H and O–H groups in total. The lowest BCUT2D eigenvalue weighted by Crippen LogP contribution is -2.50. The van der Waals surface area contributed by atoms with E-state index in [1.165, 1.54) is 25.7 Å². The minimum atomic E-state index is 0.458. The summed E-state index contributed by atoms with van der Waals surface area (Å²) >= 11 is 0. The molecule has 0 saturated heterocycles. The Morgan fingerprint density at radius 3 is 2.24 bits per heavy atom. The van der Waals surface area contributed by atoms with Crippen LogP contribution in [0.25, 0.3) is 0 Å². The molecule has 17 heavy (non-hydrogen) atoms. The molecule has 0 heterocycles. The van der Waals surface area contributed by atoms with Crippen LogP contribution in [0.5, 0.6) is 0 Å². The third kappa shape index (κ3) is 1.55. The summed E-state index contributed by atoms with van der Waals surface area (Å²) in [5, 5.41) is 0. The minimum absolute atomic E-state index is 0.458. The number of rotatable bonds is 5. The zero-order valence-electron chi connectivity index (χ0n) is 12.4. The van der Waals surface area contributed by atoms with Crippen LogP contribution in [0.4, 0.5) is 0 Å². The highest BCUT2D eigenvalue weighted by Gasteiger charge is 2.67. The highest BCUT2D eigenvalue weighted by atomic mass is 14.7. The van der Waals surface area contributed by atoms with Crippen LogP contribution in [0.2, 0.25) is 0 Å². The molecule has 98 valence electrons. The van der Waals surface area contributed by atoms with Gasteiger partial charge in [0, 0.05) is 0 Å². The summed E-state index contributed by atoms with van der Waals surface area (Å²) in [6.07, 6.45) is 7.89. The van der Waals surface area contributed by atoms with Gasteiger partial charge >= 0.3 is 0 Å². The van der Waals surface area contributed by atoms with Gasteiger partial charge in [-0.2, -0.15) is 0 Å². The van der Waals surface area contributed by atoms with Gasteiger partial charge in [-0.1, -0.05) is 40.7 Å². The highest BCUT2D eigenvalue weighted by Crippen LogP contribution is 2.74. The summed E-state index contributed by atoms with van der Waals surface area (Å²) in [7, 11) is 0. The van der Waals surface area contributed by atoms with E-state index in [4.69, 9.17) is 0 Å². The summed E-state index contributed by atoms with van der Waals surface area (Å²) in [4.78, 5) is 0. The van der Waals surface area contributed by atoms with E-state index in [0.717, 1.165) is 23.7 Å². The first-order valence-electron chi connectivity index (χ1n) is 7.62. The van der Waals surface area contributed by atoms with Gasteiger partial charge in [0.1, 0.15) is 0 Å². The van der Waals surface area contributed by atoms with Crippen LogP contribution in [0, 0.1) is 34.5 Å². The topological polar surface area (TPSA) is 0 Å². The van der Waals surface area contributed by atoms with Crippen LogP contribution in [0.15, 0.2) is 12.7 Å². The van der Waals surface area contributed by atoms with Crippen molar-refractivity contribution in [2.75, 3.05) is 0 Å². The Morgan fingerprint density at radius 2 is 1.94 bits per heavy atom. The van der Waals surface area contributed by atoms with Crippen LogP contribution in [0.3, 0.4) is 0 Å². The molecular weight excluding hydrogens is 204 g/mol. The maximum atomic E-state index is 4.17. The Balaban J connectivity index is 2.21. The molecule has 2 aliphatic rings. The van der Waals surface area contributed by atoms with E-state index >= 15 is 0 Å². The molecule has 0 bridgehead atoms. The first-order valence-corrected chi connectivity index (χ1v) is 7.62. The standard InChI is InChI=1S/C17H30/c1-7-16(8-2)13(6)10-15(16)17(9-3)11-14(17)12(4)5/h7,12-15H,1,8-11H2,2-6H3. The van der Waals surface area contributed by atoms with Gasteiger partial charge in [-0.25, -0.2) is 0 Å². The van der Waals surface area contributed by atoms with Crippen LogP contribution < -0.4 is 0 Å². The minimum Gasteiger partial charge on any atom is -0.103 e. The Labute approximate surface area is 108 Å². The fraction of sp³-hybridized carbons (Fsp3) is 0.882.